The molecular weight excluding hydrogens is 175 g/mol. The molecule has 0 unspecified atom stereocenters. The molecule has 0 aliphatic rings. The van der Waals surface area contributed by atoms with Gasteiger partial charge >= 0.3 is 0 Å². The number of halogens is 1. The quantitative estimate of drug-likeness (QED) is 0.465. The highest BCUT2D eigenvalue weighted by Crippen LogP contribution is 2.10. The summed E-state index contributed by atoms with van der Waals surface area (Å²) >= 11 is 0. The molecule has 14 heavy (non-hydrogen) atoms. The summed E-state index contributed by atoms with van der Waals surface area (Å²) < 4.78 is 13.1. The Morgan fingerprint density at radius 2 is 2.29 bits per heavy atom. The van der Waals surface area contributed by atoms with Crippen LogP contribution in [-0.2, 0) is 0 Å². The van der Waals surface area contributed by atoms with Gasteiger partial charge in [-0.1, -0.05) is 29.9 Å². The minimum absolute atomic E-state index is 0.226. The number of hydrogen-bond donors (Lipinski definition) is 0. The molecule has 0 nitrogen and oxygen atoms in total. The van der Waals surface area contributed by atoms with E-state index in [2.05, 4.69) is 24.3 Å². The lowest BCUT2D eigenvalue weighted by Crippen LogP contribution is -1.88. The van der Waals surface area contributed by atoms with Crippen molar-refractivity contribution >= 4 is 0 Å². The van der Waals surface area contributed by atoms with Crippen LogP contribution in [0.3, 0.4) is 0 Å². The molecule has 68 valence electrons. The Hall–Kier alpha value is -1.99. The fraction of sp³-hybridized carbons (Fsp3) is 0.0769. The van der Waals surface area contributed by atoms with Gasteiger partial charge in [-0.05, 0) is 12.1 Å². The molecule has 0 radical (unpaired) electrons. The first-order valence-electron chi connectivity index (χ1n) is 4.14. The van der Waals surface area contributed by atoms with Gasteiger partial charge in [-0.15, -0.1) is 13.0 Å². The Labute approximate surface area is 83.5 Å². The smallest absolute Gasteiger partial charge is 0.140 e. The van der Waals surface area contributed by atoms with E-state index in [1.54, 1.807) is 18.2 Å². The number of benzene rings is 1. The van der Waals surface area contributed by atoms with Crippen molar-refractivity contribution in [2.75, 3.05) is 0 Å². The molecule has 0 aromatic heterocycles. The Morgan fingerprint density at radius 3 is 2.93 bits per heavy atom. The number of hydrogen-bond acceptors (Lipinski definition) is 0. The molecule has 1 rings (SSSR count). The van der Waals surface area contributed by atoms with Gasteiger partial charge in [-0.25, -0.2) is 4.39 Å². The summed E-state index contributed by atoms with van der Waals surface area (Å²) in [6.45, 7) is 3.54. The van der Waals surface area contributed by atoms with Crippen molar-refractivity contribution in [1.29, 1.82) is 0 Å². The molecule has 0 heterocycles. The SMILES string of the molecule is C#Cc1c(F)cccc1C#CCC=C. The molecule has 0 N–H and O–H groups in total. The molecule has 1 aromatic rings. The molecule has 0 aliphatic heterocycles. The van der Waals surface area contributed by atoms with E-state index in [-0.39, 0.29) is 5.56 Å². The minimum Gasteiger partial charge on any atom is -0.206 e. The topological polar surface area (TPSA) is 0 Å². The van der Waals surface area contributed by atoms with E-state index in [4.69, 9.17) is 6.42 Å². The first-order chi connectivity index (χ1) is 6.79. The zero-order valence-electron chi connectivity index (χ0n) is 7.68. The van der Waals surface area contributed by atoms with Crippen molar-refractivity contribution in [3.05, 3.63) is 47.8 Å². The van der Waals surface area contributed by atoms with E-state index in [1.165, 1.54) is 6.07 Å². The second-order valence-electron chi connectivity index (χ2n) is 2.60. The fourth-order valence-electron chi connectivity index (χ4n) is 0.993. The van der Waals surface area contributed by atoms with Gasteiger partial charge in [-0.3, -0.25) is 0 Å². The van der Waals surface area contributed by atoms with Crippen LogP contribution in [0.25, 0.3) is 0 Å². The molecule has 1 heteroatoms. The van der Waals surface area contributed by atoms with Gasteiger partial charge in [0.2, 0.25) is 0 Å². The van der Waals surface area contributed by atoms with Crippen molar-refractivity contribution in [1.82, 2.24) is 0 Å². The van der Waals surface area contributed by atoms with Crippen LogP contribution in [0.2, 0.25) is 0 Å². The Balaban J connectivity index is 3.11. The highest BCUT2D eigenvalue weighted by molar-refractivity contribution is 5.50. The maximum absolute atomic E-state index is 13.1. The van der Waals surface area contributed by atoms with E-state index in [9.17, 15) is 4.39 Å². The van der Waals surface area contributed by atoms with Crippen LogP contribution in [0.1, 0.15) is 17.5 Å². The Morgan fingerprint density at radius 1 is 1.50 bits per heavy atom. The number of allylic oxidation sites excluding steroid dienone is 1. The highest BCUT2D eigenvalue weighted by atomic mass is 19.1. The molecule has 0 bridgehead atoms. The summed E-state index contributed by atoms with van der Waals surface area (Å²) in [5.41, 5.74) is 0.776. The Bertz CT molecular complexity index is 439. The van der Waals surface area contributed by atoms with Crippen molar-refractivity contribution in [3.8, 4) is 24.2 Å². The van der Waals surface area contributed by atoms with Gasteiger partial charge in [0.1, 0.15) is 5.82 Å². The van der Waals surface area contributed by atoms with Crippen molar-refractivity contribution in [3.63, 3.8) is 0 Å². The fourth-order valence-corrected chi connectivity index (χ4v) is 0.993. The highest BCUT2D eigenvalue weighted by Gasteiger charge is 2.02. The van der Waals surface area contributed by atoms with E-state index in [0.717, 1.165) is 0 Å². The summed E-state index contributed by atoms with van der Waals surface area (Å²) in [5.74, 6) is 7.51. The van der Waals surface area contributed by atoms with Gasteiger partial charge in [0.25, 0.3) is 0 Å². The van der Waals surface area contributed by atoms with Crippen LogP contribution in [0.15, 0.2) is 30.9 Å². The van der Waals surface area contributed by atoms with Crippen LogP contribution in [0.4, 0.5) is 4.39 Å². The molecule has 0 saturated carbocycles. The summed E-state index contributed by atoms with van der Waals surface area (Å²) in [6, 6.07) is 4.62. The monoisotopic (exact) mass is 184 g/mol. The predicted octanol–water partition coefficient (Wildman–Crippen LogP) is 2.73. The second kappa shape index (κ2) is 4.90. The normalized spacial score (nSPS) is 8.29. The summed E-state index contributed by atoms with van der Waals surface area (Å²) in [7, 11) is 0. The van der Waals surface area contributed by atoms with E-state index >= 15 is 0 Å². The second-order valence-corrected chi connectivity index (χ2v) is 2.60. The van der Waals surface area contributed by atoms with Gasteiger partial charge in [0.15, 0.2) is 0 Å². The summed E-state index contributed by atoms with van der Waals surface area (Å²) in [5, 5.41) is 0. The summed E-state index contributed by atoms with van der Waals surface area (Å²) in [6.07, 6.45) is 7.43. The molecule has 0 saturated heterocycles. The van der Waals surface area contributed by atoms with Crippen molar-refractivity contribution in [2.24, 2.45) is 0 Å². The lowest BCUT2D eigenvalue weighted by molar-refractivity contribution is 0.624. The van der Waals surface area contributed by atoms with Crippen LogP contribution in [0, 0.1) is 30.0 Å². The average molecular weight is 184 g/mol. The van der Waals surface area contributed by atoms with Gasteiger partial charge < -0.3 is 0 Å². The van der Waals surface area contributed by atoms with Crippen molar-refractivity contribution < 1.29 is 4.39 Å². The van der Waals surface area contributed by atoms with Crippen LogP contribution in [0.5, 0.6) is 0 Å². The minimum atomic E-state index is -0.405. The van der Waals surface area contributed by atoms with Crippen LogP contribution < -0.4 is 0 Å². The van der Waals surface area contributed by atoms with Gasteiger partial charge in [0.05, 0.1) is 5.56 Å². The first kappa shape index (κ1) is 10.1. The lowest BCUT2D eigenvalue weighted by Gasteiger charge is -1.96. The standard InChI is InChI=1S/C13H9F/c1-3-5-6-8-11-9-7-10-13(14)12(11)4-2/h2-3,7,9-10H,1,5H2. The van der Waals surface area contributed by atoms with Crippen LogP contribution >= 0.6 is 0 Å². The number of rotatable bonds is 1. The zero-order chi connectivity index (χ0) is 10.4. The third-order valence-electron chi connectivity index (χ3n) is 1.63. The van der Waals surface area contributed by atoms with E-state index < -0.39 is 5.82 Å². The van der Waals surface area contributed by atoms with E-state index in [0.29, 0.717) is 12.0 Å². The third-order valence-corrected chi connectivity index (χ3v) is 1.63. The predicted molar refractivity (Wildman–Crippen MR) is 56.0 cm³/mol. The largest absolute Gasteiger partial charge is 0.206 e. The van der Waals surface area contributed by atoms with Crippen LogP contribution in [-0.4, -0.2) is 0 Å². The maximum Gasteiger partial charge on any atom is 0.140 e. The average Bonchev–Trinajstić information content (AvgIpc) is 2.18. The van der Waals surface area contributed by atoms with Gasteiger partial charge in [-0.2, -0.15) is 0 Å². The molecule has 0 atom stereocenters. The maximum atomic E-state index is 13.1. The third kappa shape index (κ3) is 2.25. The van der Waals surface area contributed by atoms with Gasteiger partial charge in [0, 0.05) is 12.0 Å². The summed E-state index contributed by atoms with van der Waals surface area (Å²) in [4.78, 5) is 0. The molecule has 1 aromatic carbocycles. The molecule has 0 spiro atoms. The van der Waals surface area contributed by atoms with E-state index in [1.807, 2.05) is 0 Å². The molecule has 0 amide bonds. The Kier molecular flexibility index (Phi) is 3.53. The first-order valence-corrected chi connectivity index (χ1v) is 4.14. The lowest BCUT2D eigenvalue weighted by atomic mass is 10.1. The molecular formula is C13H9F. The number of terminal acetylenes is 1. The molecule has 0 fully saturated rings. The molecule has 0 aliphatic carbocycles. The van der Waals surface area contributed by atoms with Crippen molar-refractivity contribution in [2.45, 2.75) is 6.42 Å². The zero-order valence-corrected chi connectivity index (χ0v) is 7.68.